The second-order valence-corrected chi connectivity index (χ2v) is 8.18. The van der Waals surface area contributed by atoms with Gasteiger partial charge in [-0.2, -0.15) is 0 Å². The molecule has 0 atom stereocenters. The number of nitrogens with one attached hydrogen (secondary N) is 1. The quantitative estimate of drug-likeness (QED) is 0.413. The summed E-state index contributed by atoms with van der Waals surface area (Å²) in [6, 6.07) is 10.3. The predicted molar refractivity (Wildman–Crippen MR) is 124 cm³/mol. The van der Waals surface area contributed by atoms with Crippen LogP contribution in [0.1, 0.15) is 45.4 Å². The van der Waals surface area contributed by atoms with E-state index in [4.69, 9.17) is 9.47 Å². The minimum atomic E-state index is 0.241. The fourth-order valence-corrected chi connectivity index (χ4v) is 3.98. The molecule has 1 N–H and O–H groups in total. The Hall–Kier alpha value is -3.48. The first-order valence-electron chi connectivity index (χ1n) is 11.4. The molecule has 0 unspecified atom stereocenters. The second kappa shape index (κ2) is 9.34. The molecule has 164 valence electrons. The minimum absolute atomic E-state index is 0.241. The summed E-state index contributed by atoms with van der Waals surface area (Å²) in [6.45, 7) is 2.80. The van der Waals surface area contributed by atoms with Crippen LogP contribution in [-0.2, 0) is 0 Å². The molecule has 4 aromatic rings. The Balaban J connectivity index is 1.29. The SMILES string of the molecule is CCCOc1ccc2nc(-c3ccc(-c4cnc(OC5CCCCC5)nc4)nc3)[nH]c2c1. The van der Waals surface area contributed by atoms with Gasteiger partial charge in [-0.1, -0.05) is 13.3 Å². The van der Waals surface area contributed by atoms with Crippen molar-refractivity contribution in [1.82, 2.24) is 24.9 Å². The van der Waals surface area contributed by atoms with Crippen LogP contribution in [0.15, 0.2) is 48.9 Å². The first kappa shape index (κ1) is 20.4. The molecule has 0 spiro atoms. The molecule has 0 aliphatic heterocycles. The Kier molecular flexibility index (Phi) is 5.96. The third-order valence-corrected chi connectivity index (χ3v) is 5.71. The smallest absolute Gasteiger partial charge is 0.316 e. The number of H-pyrrole nitrogens is 1. The highest BCUT2D eigenvalue weighted by molar-refractivity contribution is 5.80. The standard InChI is InChI=1S/C25H27N5O2/c1-2-12-31-20-9-11-22-23(13-20)30-24(29-22)17-8-10-21(26-14-17)18-15-27-25(28-16-18)32-19-6-4-3-5-7-19/h8-11,13-16,19H,2-7,12H2,1H3,(H,29,30). The van der Waals surface area contributed by atoms with Gasteiger partial charge in [-0.25, -0.2) is 15.0 Å². The first-order valence-corrected chi connectivity index (χ1v) is 11.4. The van der Waals surface area contributed by atoms with E-state index in [-0.39, 0.29) is 6.10 Å². The van der Waals surface area contributed by atoms with Crippen LogP contribution in [0.3, 0.4) is 0 Å². The lowest BCUT2D eigenvalue weighted by atomic mass is 9.98. The first-order chi connectivity index (χ1) is 15.8. The van der Waals surface area contributed by atoms with E-state index in [1.165, 1.54) is 19.3 Å². The van der Waals surface area contributed by atoms with E-state index in [9.17, 15) is 0 Å². The molecular weight excluding hydrogens is 402 g/mol. The van der Waals surface area contributed by atoms with Gasteiger partial charge in [0.25, 0.3) is 0 Å². The fourth-order valence-electron chi connectivity index (χ4n) is 3.98. The number of benzene rings is 1. The molecule has 7 nitrogen and oxygen atoms in total. The van der Waals surface area contributed by atoms with Crippen LogP contribution >= 0.6 is 0 Å². The molecule has 1 aliphatic carbocycles. The fraction of sp³-hybridized carbons (Fsp3) is 0.360. The van der Waals surface area contributed by atoms with Crippen molar-refractivity contribution in [2.24, 2.45) is 0 Å². The van der Waals surface area contributed by atoms with Crippen molar-refractivity contribution in [2.45, 2.75) is 51.6 Å². The molecule has 0 saturated heterocycles. The van der Waals surface area contributed by atoms with E-state index in [0.29, 0.717) is 12.6 Å². The van der Waals surface area contributed by atoms with E-state index in [0.717, 1.165) is 58.7 Å². The lowest BCUT2D eigenvalue weighted by molar-refractivity contribution is 0.142. The highest BCUT2D eigenvalue weighted by Gasteiger charge is 2.16. The Bertz CT molecular complexity index is 1170. The zero-order valence-corrected chi connectivity index (χ0v) is 18.3. The lowest BCUT2D eigenvalue weighted by Crippen LogP contribution is -2.20. The van der Waals surface area contributed by atoms with Gasteiger partial charge in [0.15, 0.2) is 0 Å². The monoisotopic (exact) mass is 429 g/mol. The predicted octanol–water partition coefficient (Wildman–Crippen LogP) is 5.58. The maximum absolute atomic E-state index is 5.92. The van der Waals surface area contributed by atoms with Crippen LogP contribution in [0, 0.1) is 0 Å². The molecule has 3 aromatic heterocycles. The van der Waals surface area contributed by atoms with Crippen LogP contribution < -0.4 is 9.47 Å². The van der Waals surface area contributed by atoms with Gasteiger partial charge in [-0.3, -0.25) is 4.98 Å². The van der Waals surface area contributed by atoms with Gasteiger partial charge < -0.3 is 14.5 Å². The van der Waals surface area contributed by atoms with Gasteiger partial charge in [0.2, 0.25) is 0 Å². The van der Waals surface area contributed by atoms with Crippen LogP contribution in [-0.4, -0.2) is 37.6 Å². The lowest BCUT2D eigenvalue weighted by Gasteiger charge is -2.21. The molecular formula is C25H27N5O2. The number of nitrogens with zero attached hydrogens (tertiary/aromatic N) is 4. The number of fused-ring (bicyclic) bond motifs is 1. The van der Waals surface area contributed by atoms with Crippen molar-refractivity contribution < 1.29 is 9.47 Å². The third-order valence-electron chi connectivity index (χ3n) is 5.71. The van der Waals surface area contributed by atoms with Gasteiger partial charge in [0.1, 0.15) is 17.7 Å². The van der Waals surface area contributed by atoms with Crippen molar-refractivity contribution in [3.05, 3.63) is 48.9 Å². The average Bonchev–Trinajstić information content (AvgIpc) is 3.27. The molecule has 7 heteroatoms. The Labute approximate surface area is 187 Å². The van der Waals surface area contributed by atoms with Crippen molar-refractivity contribution in [3.63, 3.8) is 0 Å². The number of rotatable bonds is 7. The van der Waals surface area contributed by atoms with E-state index in [2.05, 4.69) is 31.8 Å². The van der Waals surface area contributed by atoms with Gasteiger partial charge in [0, 0.05) is 35.8 Å². The summed E-state index contributed by atoms with van der Waals surface area (Å²) < 4.78 is 11.6. The van der Waals surface area contributed by atoms with Gasteiger partial charge >= 0.3 is 6.01 Å². The highest BCUT2D eigenvalue weighted by Crippen LogP contribution is 2.26. The summed E-state index contributed by atoms with van der Waals surface area (Å²) in [5.74, 6) is 1.62. The summed E-state index contributed by atoms with van der Waals surface area (Å²) >= 11 is 0. The molecule has 0 bridgehead atoms. The van der Waals surface area contributed by atoms with E-state index < -0.39 is 0 Å². The van der Waals surface area contributed by atoms with Gasteiger partial charge in [-0.15, -0.1) is 0 Å². The van der Waals surface area contributed by atoms with Crippen LogP contribution in [0.25, 0.3) is 33.7 Å². The normalized spacial score (nSPS) is 14.5. The number of imidazole rings is 1. The molecule has 32 heavy (non-hydrogen) atoms. The highest BCUT2D eigenvalue weighted by atomic mass is 16.5. The zero-order chi connectivity index (χ0) is 21.8. The molecule has 1 aliphatic rings. The Morgan fingerprint density at radius 3 is 2.50 bits per heavy atom. The summed E-state index contributed by atoms with van der Waals surface area (Å²) in [5.41, 5.74) is 4.42. The summed E-state index contributed by atoms with van der Waals surface area (Å²) in [4.78, 5) is 21.4. The Morgan fingerprint density at radius 2 is 1.75 bits per heavy atom. The van der Waals surface area contributed by atoms with Crippen molar-refractivity contribution in [3.8, 4) is 34.4 Å². The van der Waals surface area contributed by atoms with Crippen molar-refractivity contribution >= 4 is 11.0 Å². The van der Waals surface area contributed by atoms with Gasteiger partial charge in [-0.05, 0) is 56.4 Å². The number of hydrogen-bond donors (Lipinski definition) is 1. The number of hydrogen-bond acceptors (Lipinski definition) is 6. The Morgan fingerprint density at radius 1 is 0.938 bits per heavy atom. The number of aromatic amines is 1. The summed E-state index contributed by atoms with van der Waals surface area (Å²) in [7, 11) is 0. The molecule has 1 saturated carbocycles. The zero-order valence-electron chi connectivity index (χ0n) is 18.3. The van der Waals surface area contributed by atoms with Gasteiger partial charge in [0.05, 0.1) is 23.3 Å². The average molecular weight is 430 g/mol. The molecule has 0 radical (unpaired) electrons. The topological polar surface area (TPSA) is 85.8 Å². The largest absolute Gasteiger partial charge is 0.494 e. The van der Waals surface area contributed by atoms with Crippen LogP contribution in [0.5, 0.6) is 11.8 Å². The molecule has 1 aromatic carbocycles. The molecule has 5 rings (SSSR count). The number of aromatic nitrogens is 5. The van der Waals surface area contributed by atoms with E-state index in [1.54, 1.807) is 12.4 Å². The van der Waals surface area contributed by atoms with Crippen molar-refractivity contribution in [2.75, 3.05) is 6.61 Å². The summed E-state index contributed by atoms with van der Waals surface area (Å²) in [6.07, 6.45) is 12.5. The third kappa shape index (κ3) is 4.56. The van der Waals surface area contributed by atoms with Crippen molar-refractivity contribution in [1.29, 1.82) is 0 Å². The van der Waals surface area contributed by atoms with Crippen LogP contribution in [0.4, 0.5) is 0 Å². The number of pyridine rings is 1. The minimum Gasteiger partial charge on any atom is -0.494 e. The molecule has 1 fully saturated rings. The molecule has 0 amide bonds. The van der Waals surface area contributed by atoms with Crippen LogP contribution in [0.2, 0.25) is 0 Å². The second-order valence-electron chi connectivity index (χ2n) is 8.18. The summed E-state index contributed by atoms with van der Waals surface area (Å²) in [5, 5.41) is 0. The van der Waals surface area contributed by atoms with E-state index in [1.807, 2.05) is 36.5 Å². The van der Waals surface area contributed by atoms with E-state index >= 15 is 0 Å². The number of ether oxygens (including phenoxy) is 2. The maximum atomic E-state index is 5.92. The molecule has 3 heterocycles. The maximum Gasteiger partial charge on any atom is 0.316 e.